The van der Waals surface area contributed by atoms with Crippen LogP contribution < -0.4 is 16.7 Å². The Morgan fingerprint density at radius 1 is 1.15 bits per heavy atom. The standard InChI is InChI=1S/C20H27ClN6O3.C6H6.C2H6S/c1-13(18(23)28)27-19(24-9-6-17(22)15-2-4-16(21)5-3-15)25-26(20(27)29)12-14-7-10-30-11-8-14;1-2-4-6-5-3-1;1-3-2/h2-5,13-14,22H,6-12H2,1H3,(H2,23,28)(H,24,25);1-6H;1-2H3/t13-;;/m1../s1. The molecule has 0 saturated carbocycles. The van der Waals surface area contributed by atoms with Crippen molar-refractivity contribution in [3.8, 4) is 0 Å². The van der Waals surface area contributed by atoms with E-state index in [0.29, 0.717) is 49.4 Å². The van der Waals surface area contributed by atoms with Gasteiger partial charge in [0, 0.05) is 43.5 Å². The molecule has 4 N–H and O–H groups in total. The molecule has 4 rings (SSSR count). The fourth-order valence-corrected chi connectivity index (χ4v) is 3.92. The molecule has 1 fully saturated rings. The molecule has 3 aromatic rings. The van der Waals surface area contributed by atoms with Crippen LogP contribution in [-0.4, -0.2) is 58.2 Å². The monoisotopic (exact) mass is 574 g/mol. The molecule has 212 valence electrons. The molecule has 2 aromatic carbocycles. The minimum absolute atomic E-state index is 0.280. The van der Waals surface area contributed by atoms with Gasteiger partial charge in [-0.05, 0) is 55.9 Å². The van der Waals surface area contributed by atoms with E-state index in [-0.39, 0.29) is 11.6 Å². The number of carbonyl (C=O) groups excluding carboxylic acids is 1. The van der Waals surface area contributed by atoms with Gasteiger partial charge < -0.3 is 21.2 Å². The number of rotatable bonds is 9. The number of hydrogen-bond acceptors (Lipinski definition) is 7. The maximum atomic E-state index is 12.9. The molecule has 0 unspecified atom stereocenters. The zero-order chi connectivity index (χ0) is 28.6. The second-order valence-electron chi connectivity index (χ2n) is 9.02. The smallest absolute Gasteiger partial charge is 0.348 e. The van der Waals surface area contributed by atoms with Gasteiger partial charge in [-0.2, -0.15) is 11.8 Å². The highest BCUT2D eigenvalue weighted by Crippen LogP contribution is 2.18. The number of halogens is 1. The Morgan fingerprint density at radius 3 is 2.21 bits per heavy atom. The molecule has 1 aliphatic rings. The molecular formula is C28H39ClN6O3S. The topological polar surface area (TPSA) is 128 Å². The van der Waals surface area contributed by atoms with Crippen molar-refractivity contribution < 1.29 is 9.53 Å². The van der Waals surface area contributed by atoms with Crippen LogP contribution in [0.1, 0.15) is 37.8 Å². The van der Waals surface area contributed by atoms with Crippen LogP contribution in [0.3, 0.4) is 0 Å². The van der Waals surface area contributed by atoms with Gasteiger partial charge in [0.2, 0.25) is 11.9 Å². The molecular weight excluding hydrogens is 536 g/mol. The summed E-state index contributed by atoms with van der Waals surface area (Å²) in [6.45, 7) is 3.77. The van der Waals surface area contributed by atoms with Gasteiger partial charge in [0.15, 0.2) is 0 Å². The third kappa shape index (κ3) is 10.9. The molecule has 9 nitrogen and oxygen atoms in total. The fourth-order valence-electron chi connectivity index (χ4n) is 3.79. The number of nitrogens with one attached hydrogen (secondary N) is 2. The van der Waals surface area contributed by atoms with Crippen molar-refractivity contribution >= 4 is 40.9 Å². The lowest BCUT2D eigenvalue weighted by Gasteiger charge is -2.21. The average Bonchev–Trinajstić information content (AvgIpc) is 3.25. The van der Waals surface area contributed by atoms with E-state index in [1.807, 2.05) is 48.9 Å². The minimum atomic E-state index is -0.834. The molecule has 1 aliphatic heterocycles. The Kier molecular flexibility index (Phi) is 14.4. The van der Waals surface area contributed by atoms with E-state index in [2.05, 4.69) is 10.4 Å². The van der Waals surface area contributed by atoms with E-state index in [1.165, 1.54) is 9.25 Å². The van der Waals surface area contributed by atoms with E-state index >= 15 is 0 Å². The van der Waals surface area contributed by atoms with Crippen molar-refractivity contribution in [3.05, 3.63) is 81.7 Å². The number of primary amides is 1. The molecule has 0 spiro atoms. The molecule has 1 saturated heterocycles. The highest BCUT2D eigenvalue weighted by Gasteiger charge is 2.24. The van der Waals surface area contributed by atoms with Gasteiger partial charge in [0.05, 0.1) is 0 Å². The number of amides is 1. The van der Waals surface area contributed by atoms with Crippen molar-refractivity contribution in [2.24, 2.45) is 11.7 Å². The summed E-state index contributed by atoms with van der Waals surface area (Å²) in [5.74, 6) is -0.0310. The fraction of sp³-hybridized carbons (Fsp3) is 0.429. The zero-order valence-electron chi connectivity index (χ0n) is 22.8. The molecule has 0 aliphatic carbocycles. The van der Waals surface area contributed by atoms with Gasteiger partial charge in [-0.15, -0.1) is 5.10 Å². The predicted molar refractivity (Wildman–Crippen MR) is 161 cm³/mol. The Bertz CT molecular complexity index is 1170. The van der Waals surface area contributed by atoms with Gasteiger partial charge in [-0.1, -0.05) is 60.1 Å². The summed E-state index contributed by atoms with van der Waals surface area (Å²) >= 11 is 7.64. The molecule has 0 bridgehead atoms. The first-order valence-corrected chi connectivity index (χ1v) is 14.8. The van der Waals surface area contributed by atoms with Gasteiger partial charge in [0.1, 0.15) is 6.04 Å². The van der Waals surface area contributed by atoms with Crippen LogP contribution >= 0.6 is 23.4 Å². The number of benzene rings is 2. The quantitative estimate of drug-likeness (QED) is 0.318. The van der Waals surface area contributed by atoms with E-state index in [1.54, 1.807) is 43.0 Å². The minimum Gasteiger partial charge on any atom is -0.381 e. The van der Waals surface area contributed by atoms with Gasteiger partial charge in [0.25, 0.3) is 0 Å². The number of nitrogens with zero attached hydrogens (tertiary/aromatic N) is 3. The second-order valence-corrected chi connectivity index (χ2v) is 10.3. The van der Waals surface area contributed by atoms with Crippen LogP contribution in [0.25, 0.3) is 0 Å². The van der Waals surface area contributed by atoms with E-state index in [4.69, 9.17) is 27.5 Å². The maximum Gasteiger partial charge on any atom is 0.348 e. The lowest BCUT2D eigenvalue weighted by Crippen LogP contribution is -2.35. The SMILES string of the molecule is CSC.C[C@H](C(N)=O)n1c(NCCC(=N)c2ccc(Cl)cc2)nn(CC2CCOCC2)c1=O.c1ccccc1. The summed E-state index contributed by atoms with van der Waals surface area (Å²) < 4.78 is 8.05. The Labute approximate surface area is 239 Å². The molecule has 1 atom stereocenters. The Balaban J connectivity index is 0.000000506. The van der Waals surface area contributed by atoms with Crippen LogP contribution in [0.2, 0.25) is 5.02 Å². The zero-order valence-corrected chi connectivity index (χ0v) is 24.4. The van der Waals surface area contributed by atoms with Crippen molar-refractivity contribution in [1.29, 1.82) is 5.41 Å². The number of thioether (sulfide) groups is 1. The summed E-state index contributed by atoms with van der Waals surface area (Å²) in [5.41, 5.74) is 6.27. The lowest BCUT2D eigenvalue weighted by atomic mass is 10.0. The Morgan fingerprint density at radius 2 is 1.69 bits per heavy atom. The molecule has 0 radical (unpaired) electrons. The van der Waals surface area contributed by atoms with Crippen molar-refractivity contribution in [2.45, 2.75) is 38.8 Å². The first-order chi connectivity index (χ1) is 18.8. The van der Waals surface area contributed by atoms with Crippen molar-refractivity contribution in [3.63, 3.8) is 0 Å². The molecule has 11 heteroatoms. The number of anilines is 1. The number of hydrogen-bond donors (Lipinski definition) is 3. The first-order valence-electron chi connectivity index (χ1n) is 12.8. The van der Waals surface area contributed by atoms with Crippen LogP contribution in [0, 0.1) is 11.3 Å². The summed E-state index contributed by atoms with van der Waals surface area (Å²) in [5, 5.41) is 16.3. The highest BCUT2D eigenvalue weighted by molar-refractivity contribution is 7.97. The number of carbonyl (C=O) groups is 1. The molecule has 1 amide bonds. The van der Waals surface area contributed by atoms with Gasteiger partial charge in [-0.3, -0.25) is 4.79 Å². The lowest BCUT2D eigenvalue weighted by molar-refractivity contribution is -0.120. The van der Waals surface area contributed by atoms with Gasteiger partial charge in [-0.25, -0.2) is 14.0 Å². The first kappa shape index (κ1) is 32.1. The number of ether oxygens (including phenoxy) is 1. The van der Waals surface area contributed by atoms with E-state index in [0.717, 1.165) is 18.4 Å². The number of aromatic nitrogens is 3. The van der Waals surface area contributed by atoms with Crippen molar-refractivity contribution in [2.75, 3.05) is 37.6 Å². The summed E-state index contributed by atoms with van der Waals surface area (Å²) in [6.07, 6.45) is 6.23. The summed E-state index contributed by atoms with van der Waals surface area (Å²) in [6, 6.07) is 18.2. The normalized spacial score (nSPS) is 13.7. The summed E-state index contributed by atoms with van der Waals surface area (Å²) in [7, 11) is 0. The third-order valence-electron chi connectivity index (χ3n) is 5.96. The van der Waals surface area contributed by atoms with Crippen LogP contribution in [0.5, 0.6) is 0 Å². The van der Waals surface area contributed by atoms with E-state index < -0.39 is 11.9 Å². The van der Waals surface area contributed by atoms with E-state index in [9.17, 15) is 9.59 Å². The van der Waals surface area contributed by atoms with Gasteiger partial charge >= 0.3 is 5.69 Å². The molecule has 2 heterocycles. The second kappa shape index (κ2) is 17.5. The molecule has 1 aromatic heterocycles. The third-order valence-corrected chi connectivity index (χ3v) is 6.21. The summed E-state index contributed by atoms with van der Waals surface area (Å²) in [4.78, 5) is 24.6. The van der Waals surface area contributed by atoms with Crippen LogP contribution in [0.4, 0.5) is 5.95 Å². The highest BCUT2D eigenvalue weighted by atomic mass is 35.5. The van der Waals surface area contributed by atoms with Crippen LogP contribution in [0.15, 0.2) is 65.5 Å². The number of nitrogens with two attached hydrogens (primary N) is 1. The maximum absolute atomic E-state index is 12.9. The largest absolute Gasteiger partial charge is 0.381 e. The Hall–Kier alpha value is -3.08. The van der Waals surface area contributed by atoms with Crippen LogP contribution in [-0.2, 0) is 16.1 Å². The van der Waals surface area contributed by atoms with Crippen molar-refractivity contribution in [1.82, 2.24) is 14.3 Å². The molecule has 39 heavy (non-hydrogen) atoms. The average molecular weight is 575 g/mol. The predicted octanol–water partition coefficient (Wildman–Crippen LogP) is 4.71.